The molecular formula is C13H22BrN3. The summed E-state index contributed by atoms with van der Waals surface area (Å²) in [4.78, 5) is 5.82. The SMILES string of the molecule is CC(CN1CCCCC1)NCc1cc(Br)c[nH]1. The number of aromatic nitrogens is 1. The number of nitrogens with zero attached hydrogens (tertiary/aromatic N) is 1. The Morgan fingerprint density at radius 1 is 1.41 bits per heavy atom. The Morgan fingerprint density at radius 2 is 2.18 bits per heavy atom. The first-order valence-corrected chi connectivity index (χ1v) is 7.32. The molecule has 1 fully saturated rings. The van der Waals surface area contributed by atoms with E-state index in [2.05, 4.69) is 44.1 Å². The number of H-pyrrole nitrogens is 1. The van der Waals surface area contributed by atoms with Crippen LogP contribution in [0, 0.1) is 0 Å². The average molecular weight is 300 g/mol. The van der Waals surface area contributed by atoms with Gasteiger partial charge in [0.15, 0.2) is 0 Å². The molecule has 2 N–H and O–H groups in total. The van der Waals surface area contributed by atoms with Crippen LogP contribution in [0.4, 0.5) is 0 Å². The van der Waals surface area contributed by atoms with Gasteiger partial charge in [-0.05, 0) is 54.9 Å². The van der Waals surface area contributed by atoms with Crippen LogP contribution in [0.25, 0.3) is 0 Å². The maximum Gasteiger partial charge on any atom is 0.0360 e. The summed E-state index contributed by atoms with van der Waals surface area (Å²) in [6.07, 6.45) is 6.13. The Kier molecular flexibility index (Phi) is 5.07. The van der Waals surface area contributed by atoms with Crippen molar-refractivity contribution >= 4 is 15.9 Å². The first kappa shape index (κ1) is 13.1. The Hall–Kier alpha value is -0.320. The van der Waals surface area contributed by atoms with Crippen molar-refractivity contribution in [1.82, 2.24) is 15.2 Å². The molecule has 2 heterocycles. The van der Waals surface area contributed by atoms with Crippen molar-refractivity contribution in [1.29, 1.82) is 0 Å². The predicted molar refractivity (Wildman–Crippen MR) is 75.1 cm³/mol. The maximum atomic E-state index is 3.57. The van der Waals surface area contributed by atoms with Gasteiger partial charge in [0.2, 0.25) is 0 Å². The normalized spacial score (nSPS) is 19.4. The van der Waals surface area contributed by atoms with Crippen molar-refractivity contribution in [2.75, 3.05) is 19.6 Å². The molecule has 0 aliphatic carbocycles. The molecule has 1 atom stereocenters. The van der Waals surface area contributed by atoms with Crippen molar-refractivity contribution in [2.24, 2.45) is 0 Å². The predicted octanol–water partition coefficient (Wildman–Crippen LogP) is 2.74. The van der Waals surface area contributed by atoms with E-state index in [0.717, 1.165) is 11.0 Å². The standard InChI is InChI=1S/C13H22BrN3/c1-11(10-17-5-3-2-4-6-17)15-9-13-7-12(14)8-16-13/h7-8,11,15-16H,2-6,9-10H2,1H3. The summed E-state index contributed by atoms with van der Waals surface area (Å²) >= 11 is 3.45. The molecule has 96 valence electrons. The third-order valence-electron chi connectivity index (χ3n) is 3.33. The van der Waals surface area contributed by atoms with Crippen LogP contribution in [0.1, 0.15) is 31.9 Å². The summed E-state index contributed by atoms with van der Waals surface area (Å²) in [6.45, 7) is 6.91. The Morgan fingerprint density at radius 3 is 2.82 bits per heavy atom. The zero-order chi connectivity index (χ0) is 12.1. The van der Waals surface area contributed by atoms with Crippen LogP contribution in [0.15, 0.2) is 16.7 Å². The molecule has 0 bridgehead atoms. The van der Waals surface area contributed by atoms with Crippen molar-refractivity contribution in [2.45, 2.75) is 38.8 Å². The van der Waals surface area contributed by atoms with Crippen molar-refractivity contribution in [3.63, 3.8) is 0 Å². The summed E-state index contributed by atoms with van der Waals surface area (Å²) in [5.41, 5.74) is 1.24. The average Bonchev–Trinajstić information content (AvgIpc) is 2.74. The Bertz CT molecular complexity index is 331. The van der Waals surface area contributed by atoms with Gasteiger partial charge in [-0.15, -0.1) is 0 Å². The lowest BCUT2D eigenvalue weighted by Gasteiger charge is -2.29. The molecule has 1 aromatic rings. The van der Waals surface area contributed by atoms with Gasteiger partial charge in [-0.1, -0.05) is 6.42 Å². The molecule has 1 unspecified atom stereocenters. The number of aromatic amines is 1. The van der Waals surface area contributed by atoms with E-state index in [0.29, 0.717) is 6.04 Å². The highest BCUT2D eigenvalue weighted by atomic mass is 79.9. The van der Waals surface area contributed by atoms with Gasteiger partial charge in [-0.2, -0.15) is 0 Å². The van der Waals surface area contributed by atoms with E-state index in [1.54, 1.807) is 0 Å². The van der Waals surface area contributed by atoms with Crippen LogP contribution in [0.3, 0.4) is 0 Å². The highest BCUT2D eigenvalue weighted by molar-refractivity contribution is 9.10. The number of halogens is 1. The second-order valence-electron chi connectivity index (χ2n) is 4.99. The van der Waals surface area contributed by atoms with Crippen molar-refractivity contribution in [3.05, 3.63) is 22.4 Å². The smallest absolute Gasteiger partial charge is 0.0360 e. The number of likely N-dealkylation sites (tertiary alicyclic amines) is 1. The molecule has 0 spiro atoms. The number of rotatable bonds is 5. The lowest BCUT2D eigenvalue weighted by molar-refractivity contribution is 0.208. The third-order valence-corrected chi connectivity index (χ3v) is 3.79. The number of piperidine rings is 1. The fraction of sp³-hybridized carbons (Fsp3) is 0.692. The fourth-order valence-corrected chi connectivity index (χ4v) is 2.78. The van der Waals surface area contributed by atoms with E-state index in [9.17, 15) is 0 Å². The minimum absolute atomic E-state index is 0.551. The topological polar surface area (TPSA) is 31.1 Å². The molecule has 2 rings (SSSR count). The van der Waals surface area contributed by atoms with Gasteiger partial charge in [0.05, 0.1) is 0 Å². The lowest BCUT2D eigenvalue weighted by atomic mass is 10.1. The van der Waals surface area contributed by atoms with E-state index in [4.69, 9.17) is 0 Å². The minimum Gasteiger partial charge on any atom is -0.363 e. The van der Waals surface area contributed by atoms with Gasteiger partial charge < -0.3 is 15.2 Å². The molecule has 0 radical (unpaired) electrons. The summed E-state index contributed by atoms with van der Waals surface area (Å²) < 4.78 is 1.12. The molecule has 3 nitrogen and oxygen atoms in total. The highest BCUT2D eigenvalue weighted by Gasteiger charge is 2.12. The Labute approximate surface area is 112 Å². The number of nitrogens with one attached hydrogen (secondary N) is 2. The summed E-state index contributed by atoms with van der Waals surface area (Å²) in [6, 6.07) is 2.68. The largest absolute Gasteiger partial charge is 0.363 e. The van der Waals surface area contributed by atoms with Crippen LogP contribution < -0.4 is 5.32 Å². The second kappa shape index (κ2) is 6.57. The number of hydrogen-bond acceptors (Lipinski definition) is 2. The molecule has 1 aliphatic heterocycles. The first-order valence-electron chi connectivity index (χ1n) is 6.52. The Balaban J connectivity index is 1.68. The fourth-order valence-electron chi connectivity index (χ4n) is 2.39. The number of hydrogen-bond donors (Lipinski definition) is 2. The van der Waals surface area contributed by atoms with Gasteiger partial charge in [-0.3, -0.25) is 0 Å². The molecule has 4 heteroatoms. The molecule has 1 aliphatic rings. The summed E-state index contributed by atoms with van der Waals surface area (Å²) in [5.74, 6) is 0. The zero-order valence-corrected chi connectivity index (χ0v) is 12.1. The van der Waals surface area contributed by atoms with Crippen LogP contribution in [-0.4, -0.2) is 35.6 Å². The van der Waals surface area contributed by atoms with E-state index >= 15 is 0 Å². The van der Waals surface area contributed by atoms with Crippen LogP contribution >= 0.6 is 15.9 Å². The molecule has 17 heavy (non-hydrogen) atoms. The van der Waals surface area contributed by atoms with Gasteiger partial charge in [0.25, 0.3) is 0 Å². The quantitative estimate of drug-likeness (QED) is 0.876. The summed E-state index contributed by atoms with van der Waals surface area (Å²) in [5, 5.41) is 3.57. The van der Waals surface area contributed by atoms with Crippen LogP contribution in [-0.2, 0) is 6.54 Å². The van der Waals surface area contributed by atoms with Crippen molar-refractivity contribution < 1.29 is 0 Å². The van der Waals surface area contributed by atoms with Crippen LogP contribution in [0.5, 0.6) is 0 Å². The monoisotopic (exact) mass is 299 g/mol. The van der Waals surface area contributed by atoms with Gasteiger partial charge in [-0.25, -0.2) is 0 Å². The first-order chi connectivity index (χ1) is 8.24. The van der Waals surface area contributed by atoms with Gasteiger partial charge in [0.1, 0.15) is 0 Å². The third kappa shape index (κ3) is 4.45. The molecule has 0 aromatic carbocycles. The zero-order valence-electron chi connectivity index (χ0n) is 10.5. The lowest BCUT2D eigenvalue weighted by Crippen LogP contribution is -2.41. The molecule has 0 amide bonds. The molecular weight excluding hydrogens is 278 g/mol. The van der Waals surface area contributed by atoms with E-state index in [1.165, 1.54) is 44.6 Å². The van der Waals surface area contributed by atoms with E-state index in [1.807, 2.05) is 6.20 Å². The molecule has 1 aromatic heterocycles. The van der Waals surface area contributed by atoms with E-state index < -0.39 is 0 Å². The molecule has 1 saturated heterocycles. The maximum absolute atomic E-state index is 3.57. The minimum atomic E-state index is 0.551. The van der Waals surface area contributed by atoms with Crippen LogP contribution in [0.2, 0.25) is 0 Å². The van der Waals surface area contributed by atoms with E-state index in [-0.39, 0.29) is 0 Å². The molecule has 0 saturated carbocycles. The second-order valence-corrected chi connectivity index (χ2v) is 5.90. The van der Waals surface area contributed by atoms with Gasteiger partial charge in [0, 0.05) is 35.5 Å². The van der Waals surface area contributed by atoms with Crippen molar-refractivity contribution in [3.8, 4) is 0 Å². The highest BCUT2D eigenvalue weighted by Crippen LogP contribution is 2.11. The van der Waals surface area contributed by atoms with Gasteiger partial charge >= 0.3 is 0 Å². The summed E-state index contributed by atoms with van der Waals surface area (Å²) in [7, 11) is 0.